The molecule has 1 amide bonds. The second-order valence-electron chi connectivity index (χ2n) is 9.40. The molecule has 2 rings (SSSR count). The Bertz CT molecular complexity index is 792. The summed E-state index contributed by atoms with van der Waals surface area (Å²) in [5, 5.41) is 2.78. The normalized spacial score (nSPS) is 18.5. The van der Waals surface area contributed by atoms with Crippen LogP contribution in [0.3, 0.4) is 0 Å². The molecule has 158 valence electrons. The molecule has 1 aromatic carbocycles. The molecule has 7 heteroatoms. The van der Waals surface area contributed by atoms with Gasteiger partial charge in [-0.2, -0.15) is 0 Å². The van der Waals surface area contributed by atoms with E-state index in [-0.39, 0.29) is 6.54 Å². The molecule has 1 saturated heterocycles. The predicted octanol–water partition coefficient (Wildman–Crippen LogP) is 4.35. The first-order chi connectivity index (χ1) is 13.2. The van der Waals surface area contributed by atoms with Gasteiger partial charge >= 0.3 is 13.2 Å². The third-order valence-electron chi connectivity index (χ3n) is 5.17. The minimum absolute atomic E-state index is 0.191. The molecule has 6 nitrogen and oxygen atoms in total. The van der Waals surface area contributed by atoms with Crippen molar-refractivity contribution in [3.8, 4) is 0 Å². The molecule has 1 N–H and O–H groups in total. The van der Waals surface area contributed by atoms with Crippen LogP contribution in [0.15, 0.2) is 23.7 Å². The summed E-state index contributed by atoms with van der Waals surface area (Å²) < 4.78 is 17.7. The van der Waals surface area contributed by atoms with E-state index in [2.05, 4.69) is 5.32 Å². The summed E-state index contributed by atoms with van der Waals surface area (Å²) >= 11 is 0. The van der Waals surface area contributed by atoms with Crippen LogP contribution in [-0.2, 0) is 14.0 Å². The van der Waals surface area contributed by atoms with Gasteiger partial charge in [0.15, 0.2) is 0 Å². The highest BCUT2D eigenvalue weighted by Gasteiger charge is 2.52. The molecular weight excluding hydrogens is 369 g/mol. The lowest BCUT2D eigenvalue weighted by molar-refractivity contribution is 0.00578. The number of hydrogen-bond acceptors (Lipinski definition) is 5. The van der Waals surface area contributed by atoms with Crippen molar-refractivity contribution in [2.45, 2.75) is 72.2 Å². The van der Waals surface area contributed by atoms with Gasteiger partial charge in [0.25, 0.3) is 0 Å². The summed E-state index contributed by atoms with van der Waals surface area (Å²) in [6.45, 7) is 15.5. The van der Waals surface area contributed by atoms with Crippen LogP contribution in [0.5, 0.6) is 0 Å². The molecule has 0 radical (unpaired) electrons. The Morgan fingerprint density at radius 2 is 1.76 bits per heavy atom. The predicted molar refractivity (Wildman–Crippen MR) is 115 cm³/mol. The van der Waals surface area contributed by atoms with Crippen LogP contribution < -0.4 is 5.32 Å². The number of hydrogen-bond donors (Lipinski definition) is 1. The van der Waals surface area contributed by atoms with Gasteiger partial charge in [-0.25, -0.2) is 4.79 Å². The molecule has 1 aliphatic heterocycles. The molecule has 0 saturated carbocycles. The minimum Gasteiger partial charge on any atom is -0.444 e. The number of amides is 1. The van der Waals surface area contributed by atoms with Crippen LogP contribution in [-0.4, -0.2) is 42.8 Å². The third kappa shape index (κ3) is 5.93. The van der Waals surface area contributed by atoms with E-state index >= 15 is 0 Å². The van der Waals surface area contributed by atoms with Gasteiger partial charge in [0.05, 0.1) is 11.2 Å². The number of aldehydes is 1. The third-order valence-corrected chi connectivity index (χ3v) is 5.17. The second-order valence-corrected chi connectivity index (χ2v) is 9.40. The summed E-state index contributed by atoms with van der Waals surface area (Å²) in [6, 6.07) is 5.47. The Labute approximate surface area is 174 Å². The van der Waals surface area contributed by atoms with E-state index in [4.69, 9.17) is 14.0 Å². The lowest BCUT2D eigenvalue weighted by Crippen LogP contribution is -2.41. The summed E-state index contributed by atoms with van der Waals surface area (Å²) in [7, 11) is -0.630. The van der Waals surface area contributed by atoms with Crippen molar-refractivity contribution >= 4 is 25.6 Å². The maximum absolute atomic E-state index is 12.2. The van der Waals surface area contributed by atoms with Gasteiger partial charge in [-0.15, -0.1) is 0 Å². The van der Waals surface area contributed by atoms with Crippen molar-refractivity contribution in [3.63, 3.8) is 0 Å². The fourth-order valence-corrected chi connectivity index (χ4v) is 2.77. The zero-order chi connectivity index (χ0) is 22.0. The summed E-state index contributed by atoms with van der Waals surface area (Å²) in [6.07, 6.45) is 2.20. The highest BCUT2D eigenvalue weighted by atomic mass is 16.7. The first kappa shape index (κ1) is 23.2. The van der Waals surface area contributed by atoms with E-state index in [9.17, 15) is 9.59 Å². The van der Waals surface area contributed by atoms with Crippen molar-refractivity contribution in [1.29, 1.82) is 0 Å². The Hall–Kier alpha value is -2.12. The summed E-state index contributed by atoms with van der Waals surface area (Å²) in [4.78, 5) is 23.4. The fraction of sp³-hybridized carbons (Fsp3) is 0.545. The number of nitrogens with one attached hydrogen (secondary N) is 1. The van der Waals surface area contributed by atoms with Gasteiger partial charge in [0, 0.05) is 12.1 Å². The van der Waals surface area contributed by atoms with E-state index in [1.807, 2.05) is 67.5 Å². The van der Waals surface area contributed by atoms with Crippen LogP contribution in [0.4, 0.5) is 4.79 Å². The number of carbonyl (C=O) groups is 2. The van der Waals surface area contributed by atoms with Gasteiger partial charge in [-0.1, -0.05) is 18.2 Å². The molecule has 1 aromatic rings. The Morgan fingerprint density at radius 1 is 1.17 bits per heavy atom. The average molecular weight is 401 g/mol. The minimum atomic E-state index is -0.630. The highest BCUT2D eigenvalue weighted by Crippen LogP contribution is 2.38. The van der Waals surface area contributed by atoms with Crippen LogP contribution in [0.1, 0.15) is 70.0 Å². The molecule has 1 heterocycles. The van der Waals surface area contributed by atoms with Crippen molar-refractivity contribution in [2.24, 2.45) is 0 Å². The molecule has 0 spiro atoms. The number of ether oxygens (including phenoxy) is 1. The standard InChI is InChI=1S/C22H32BNO5/c1-15-9-10-16(14-25)11-17(15)12-18(13-24-19(26)27-20(2,3)4)23-28-21(5,6)22(7,8)29-23/h9-12,14H,13H2,1-8H3,(H,24,26). The molecule has 0 unspecified atom stereocenters. The topological polar surface area (TPSA) is 73.9 Å². The number of carbonyl (C=O) groups excluding carboxylic acids is 2. The van der Waals surface area contributed by atoms with E-state index in [1.54, 1.807) is 12.1 Å². The maximum atomic E-state index is 12.2. The van der Waals surface area contributed by atoms with Crippen molar-refractivity contribution in [2.75, 3.05) is 6.54 Å². The van der Waals surface area contributed by atoms with Crippen LogP contribution >= 0.6 is 0 Å². The van der Waals surface area contributed by atoms with Crippen molar-refractivity contribution < 1.29 is 23.6 Å². The summed E-state index contributed by atoms with van der Waals surface area (Å²) in [5.41, 5.74) is 1.57. The lowest BCUT2D eigenvalue weighted by Gasteiger charge is -2.32. The van der Waals surface area contributed by atoms with Gasteiger partial charge in [0.2, 0.25) is 0 Å². The molecule has 1 aliphatic rings. The van der Waals surface area contributed by atoms with E-state index in [1.165, 1.54) is 0 Å². The first-order valence-electron chi connectivity index (χ1n) is 9.83. The van der Waals surface area contributed by atoms with Gasteiger partial charge in [-0.05, 0) is 78.1 Å². The van der Waals surface area contributed by atoms with Crippen LogP contribution in [0.2, 0.25) is 0 Å². The van der Waals surface area contributed by atoms with Gasteiger partial charge in [-0.3, -0.25) is 4.79 Å². The first-order valence-corrected chi connectivity index (χ1v) is 9.83. The highest BCUT2D eigenvalue weighted by molar-refractivity contribution is 6.56. The number of rotatable bonds is 5. The molecule has 0 atom stereocenters. The number of benzene rings is 1. The molecular formula is C22H32BNO5. The fourth-order valence-electron chi connectivity index (χ4n) is 2.77. The zero-order valence-electron chi connectivity index (χ0n) is 18.7. The Morgan fingerprint density at radius 3 is 2.28 bits per heavy atom. The smallest absolute Gasteiger partial charge is 0.444 e. The molecule has 29 heavy (non-hydrogen) atoms. The molecule has 0 aromatic heterocycles. The largest absolute Gasteiger partial charge is 0.492 e. The number of alkyl carbamates (subject to hydrolysis) is 1. The van der Waals surface area contributed by atoms with E-state index in [0.717, 1.165) is 22.9 Å². The quantitative estimate of drug-likeness (QED) is 0.587. The van der Waals surface area contributed by atoms with E-state index < -0.39 is 30.0 Å². The van der Waals surface area contributed by atoms with Crippen LogP contribution in [0.25, 0.3) is 6.08 Å². The monoisotopic (exact) mass is 401 g/mol. The second kappa shape index (κ2) is 8.32. The average Bonchev–Trinajstić information content (AvgIpc) is 2.79. The molecule has 0 bridgehead atoms. The SMILES string of the molecule is Cc1ccc(C=O)cc1C=C(CNC(=O)OC(C)(C)C)B1OC(C)(C)C(C)(C)O1. The molecule has 0 aliphatic carbocycles. The Kier molecular flexibility index (Phi) is 6.65. The lowest BCUT2D eigenvalue weighted by atomic mass is 9.76. The molecule has 1 fully saturated rings. The van der Waals surface area contributed by atoms with Gasteiger partial charge < -0.3 is 19.4 Å². The van der Waals surface area contributed by atoms with Crippen molar-refractivity contribution in [3.05, 3.63) is 40.4 Å². The van der Waals surface area contributed by atoms with Crippen molar-refractivity contribution in [1.82, 2.24) is 5.32 Å². The zero-order valence-corrected chi connectivity index (χ0v) is 18.7. The van der Waals surface area contributed by atoms with Gasteiger partial charge in [0.1, 0.15) is 11.9 Å². The van der Waals surface area contributed by atoms with E-state index in [0.29, 0.717) is 5.56 Å². The number of aryl methyl sites for hydroxylation is 1. The summed E-state index contributed by atoms with van der Waals surface area (Å²) in [5.74, 6) is 0. The Balaban J connectivity index is 2.34. The van der Waals surface area contributed by atoms with Crippen LogP contribution in [0, 0.1) is 6.92 Å². The maximum Gasteiger partial charge on any atom is 0.492 e.